The highest BCUT2D eigenvalue weighted by atomic mass is 32.1. The molecule has 7 nitrogen and oxygen atoms in total. The fraction of sp³-hybridized carbons (Fsp3) is 0.111. The summed E-state index contributed by atoms with van der Waals surface area (Å²) in [5.41, 5.74) is 6.50. The molecular formula is C18H19N5O2S. The third kappa shape index (κ3) is 4.70. The summed E-state index contributed by atoms with van der Waals surface area (Å²) in [6.07, 6.45) is 3.52. The first-order chi connectivity index (χ1) is 12.4. The first-order valence-electron chi connectivity index (χ1n) is 7.71. The summed E-state index contributed by atoms with van der Waals surface area (Å²) in [6, 6.07) is 10.2. The Hall–Kier alpha value is -3.13. The molecule has 0 spiro atoms. The molecule has 5 N–H and O–H groups in total. The lowest BCUT2D eigenvalue weighted by molar-refractivity contribution is -0.115. The molecule has 0 aliphatic heterocycles. The predicted molar refractivity (Wildman–Crippen MR) is 104 cm³/mol. The number of rotatable bonds is 8. The first kappa shape index (κ1) is 19.2. The van der Waals surface area contributed by atoms with Crippen LogP contribution in [0.25, 0.3) is 0 Å². The highest BCUT2D eigenvalue weighted by molar-refractivity contribution is 7.79. The molecule has 0 saturated heterocycles. The van der Waals surface area contributed by atoms with Crippen molar-refractivity contribution in [2.24, 2.45) is 10.1 Å². The van der Waals surface area contributed by atoms with Crippen LogP contribution in [0.1, 0.15) is 11.1 Å². The van der Waals surface area contributed by atoms with E-state index in [9.17, 15) is 9.59 Å². The van der Waals surface area contributed by atoms with E-state index in [4.69, 9.17) is 11.1 Å². The van der Waals surface area contributed by atoms with Crippen molar-refractivity contribution >= 4 is 36.1 Å². The Labute approximate surface area is 156 Å². The minimum atomic E-state index is -0.730. The number of H-pyrrole nitrogens is 1. The zero-order chi connectivity index (χ0) is 19.1. The average molecular weight is 369 g/mol. The minimum absolute atomic E-state index is 0.0638. The van der Waals surface area contributed by atoms with Crippen LogP contribution in [0.5, 0.6) is 0 Å². The van der Waals surface area contributed by atoms with Crippen molar-refractivity contribution in [1.29, 1.82) is 5.41 Å². The minimum Gasteiger partial charge on any atom is -0.367 e. The molecule has 1 atom stereocenters. The van der Waals surface area contributed by atoms with E-state index in [1.165, 1.54) is 0 Å². The molecule has 1 aromatic carbocycles. The number of hydrogen-bond donors (Lipinski definition) is 5. The summed E-state index contributed by atoms with van der Waals surface area (Å²) < 4.78 is 3.62. The van der Waals surface area contributed by atoms with E-state index in [0.717, 1.165) is 5.56 Å². The topological polar surface area (TPSA) is 124 Å². The highest BCUT2D eigenvalue weighted by Crippen LogP contribution is 2.10. The SMILES string of the molecule is C=C(C(N)=O)C(Cc1ccccc1)NC(=O)/C(=N/S)C(=N)c1cc[nH]c1. The van der Waals surface area contributed by atoms with Crippen LogP contribution in [0.3, 0.4) is 0 Å². The molecule has 26 heavy (non-hydrogen) atoms. The lowest BCUT2D eigenvalue weighted by Crippen LogP contribution is -2.45. The highest BCUT2D eigenvalue weighted by Gasteiger charge is 2.25. The Kier molecular flexibility index (Phi) is 6.51. The van der Waals surface area contributed by atoms with Gasteiger partial charge < -0.3 is 16.0 Å². The van der Waals surface area contributed by atoms with E-state index < -0.39 is 17.9 Å². The van der Waals surface area contributed by atoms with Gasteiger partial charge in [-0.25, -0.2) is 4.40 Å². The molecule has 8 heteroatoms. The fourth-order valence-corrected chi connectivity index (χ4v) is 2.53. The zero-order valence-corrected chi connectivity index (χ0v) is 14.8. The molecule has 1 unspecified atom stereocenters. The third-order valence-corrected chi connectivity index (χ3v) is 3.96. The van der Waals surface area contributed by atoms with E-state index in [1.54, 1.807) is 18.5 Å². The average Bonchev–Trinajstić information content (AvgIpc) is 3.16. The Morgan fingerprint density at radius 3 is 2.54 bits per heavy atom. The quantitative estimate of drug-likeness (QED) is 0.274. The molecule has 0 saturated carbocycles. The maximum Gasteiger partial charge on any atom is 0.273 e. The van der Waals surface area contributed by atoms with Gasteiger partial charge in [0.1, 0.15) is 0 Å². The number of aromatic nitrogens is 1. The molecule has 2 amide bonds. The second kappa shape index (κ2) is 8.82. The van der Waals surface area contributed by atoms with Gasteiger partial charge in [-0.2, -0.15) is 0 Å². The maximum atomic E-state index is 12.6. The molecule has 0 bridgehead atoms. The number of nitrogens with two attached hydrogens (primary N) is 1. The number of nitrogens with one attached hydrogen (secondary N) is 3. The van der Waals surface area contributed by atoms with E-state index >= 15 is 0 Å². The third-order valence-electron chi connectivity index (χ3n) is 3.76. The number of carbonyl (C=O) groups excluding carboxylic acids is 2. The van der Waals surface area contributed by atoms with Gasteiger partial charge in [-0.1, -0.05) is 36.9 Å². The van der Waals surface area contributed by atoms with Crippen LogP contribution in [0.2, 0.25) is 0 Å². The summed E-state index contributed by atoms with van der Waals surface area (Å²) in [5, 5.41) is 10.8. The fourth-order valence-electron chi connectivity index (χ4n) is 2.33. The van der Waals surface area contributed by atoms with Gasteiger partial charge in [-0.15, -0.1) is 0 Å². The molecule has 0 aliphatic rings. The Bertz CT molecular complexity index is 844. The Balaban J connectivity index is 2.20. The number of benzene rings is 1. The van der Waals surface area contributed by atoms with Gasteiger partial charge >= 0.3 is 0 Å². The van der Waals surface area contributed by atoms with Crippen molar-refractivity contribution in [3.63, 3.8) is 0 Å². The van der Waals surface area contributed by atoms with Gasteiger partial charge in [-0.05, 0) is 30.9 Å². The van der Waals surface area contributed by atoms with Crippen molar-refractivity contribution in [2.75, 3.05) is 0 Å². The van der Waals surface area contributed by atoms with E-state index in [2.05, 4.69) is 34.1 Å². The number of primary amides is 1. The lowest BCUT2D eigenvalue weighted by atomic mass is 9.98. The van der Waals surface area contributed by atoms with Gasteiger partial charge in [0.05, 0.1) is 11.8 Å². The van der Waals surface area contributed by atoms with Crippen molar-refractivity contribution < 1.29 is 9.59 Å². The molecular weight excluding hydrogens is 350 g/mol. The lowest BCUT2D eigenvalue weighted by Gasteiger charge is -2.20. The summed E-state index contributed by atoms with van der Waals surface area (Å²) in [6.45, 7) is 3.68. The number of aromatic amines is 1. The van der Waals surface area contributed by atoms with E-state index in [-0.39, 0.29) is 17.0 Å². The summed E-state index contributed by atoms with van der Waals surface area (Å²) in [7, 11) is 0. The second-order valence-corrected chi connectivity index (χ2v) is 5.73. The van der Waals surface area contributed by atoms with Crippen LogP contribution >= 0.6 is 12.8 Å². The van der Waals surface area contributed by atoms with Gasteiger partial charge in [0.2, 0.25) is 5.91 Å². The predicted octanol–water partition coefficient (Wildman–Crippen LogP) is 1.44. The smallest absolute Gasteiger partial charge is 0.273 e. The van der Waals surface area contributed by atoms with Gasteiger partial charge in [0, 0.05) is 23.5 Å². The standard InChI is InChI=1S/C18H19N5O2S/c1-11(17(20)24)14(9-12-5-3-2-4-6-12)22-18(25)16(23-26)15(19)13-7-8-21-10-13/h2-8,10,14,19,21,26H,1,9H2,(H2,20,24)(H,22,25)/b19-15?,23-16+. The molecule has 1 aromatic heterocycles. The monoisotopic (exact) mass is 369 g/mol. The van der Waals surface area contributed by atoms with Crippen LogP contribution in [0.15, 0.2) is 65.3 Å². The van der Waals surface area contributed by atoms with Crippen LogP contribution < -0.4 is 11.1 Å². The van der Waals surface area contributed by atoms with Crippen molar-refractivity contribution in [3.8, 4) is 0 Å². The van der Waals surface area contributed by atoms with Crippen LogP contribution in [-0.4, -0.2) is 34.3 Å². The van der Waals surface area contributed by atoms with Gasteiger partial charge in [0.25, 0.3) is 5.91 Å². The zero-order valence-electron chi connectivity index (χ0n) is 13.9. The normalized spacial score (nSPS) is 12.3. The number of carbonyl (C=O) groups is 2. The van der Waals surface area contributed by atoms with Crippen molar-refractivity contribution in [1.82, 2.24) is 10.3 Å². The van der Waals surface area contributed by atoms with Crippen LogP contribution in [0, 0.1) is 5.41 Å². The molecule has 0 aliphatic carbocycles. The maximum absolute atomic E-state index is 12.6. The molecule has 1 heterocycles. The van der Waals surface area contributed by atoms with E-state index in [0.29, 0.717) is 12.0 Å². The Morgan fingerprint density at radius 2 is 2.00 bits per heavy atom. The molecule has 134 valence electrons. The van der Waals surface area contributed by atoms with Crippen LogP contribution in [-0.2, 0) is 16.0 Å². The number of amides is 2. The molecule has 0 fully saturated rings. The summed E-state index contributed by atoms with van der Waals surface area (Å²) in [5.74, 6) is -1.36. The second-order valence-electron chi connectivity index (χ2n) is 5.53. The summed E-state index contributed by atoms with van der Waals surface area (Å²) >= 11 is 3.80. The Morgan fingerprint density at radius 1 is 1.31 bits per heavy atom. The van der Waals surface area contributed by atoms with Gasteiger partial charge in [0.15, 0.2) is 5.71 Å². The molecule has 2 rings (SSSR count). The van der Waals surface area contributed by atoms with Crippen molar-refractivity contribution in [3.05, 3.63) is 72.1 Å². The molecule has 0 radical (unpaired) electrons. The van der Waals surface area contributed by atoms with Crippen molar-refractivity contribution in [2.45, 2.75) is 12.5 Å². The largest absolute Gasteiger partial charge is 0.367 e. The number of hydrogen-bond acceptors (Lipinski definition) is 5. The number of thiol groups is 1. The van der Waals surface area contributed by atoms with E-state index in [1.807, 2.05) is 30.3 Å². The van der Waals surface area contributed by atoms with Crippen LogP contribution in [0.4, 0.5) is 0 Å². The summed E-state index contributed by atoms with van der Waals surface area (Å²) in [4.78, 5) is 27.0. The van der Waals surface area contributed by atoms with Gasteiger partial charge in [-0.3, -0.25) is 15.0 Å². The first-order valence-corrected chi connectivity index (χ1v) is 8.11. The number of nitrogens with zero attached hydrogens (tertiary/aromatic N) is 1. The molecule has 2 aromatic rings.